The summed E-state index contributed by atoms with van der Waals surface area (Å²) in [6, 6.07) is 5.27. The van der Waals surface area contributed by atoms with Gasteiger partial charge in [-0.2, -0.15) is 4.31 Å². The molecule has 1 aromatic rings. The van der Waals surface area contributed by atoms with Gasteiger partial charge in [-0.25, -0.2) is 8.42 Å². The SMILES string of the molecule is Cl.NCCCC(=O)N1CCN(S(=O)(=O)c2ccccc2[N+](=O)[O-])CC1. The summed E-state index contributed by atoms with van der Waals surface area (Å²) in [5.41, 5.74) is 4.93. The van der Waals surface area contributed by atoms with Crippen molar-refractivity contribution in [3.8, 4) is 0 Å². The summed E-state index contributed by atoms with van der Waals surface area (Å²) in [5, 5.41) is 11.1. The Morgan fingerprint density at radius 1 is 1.20 bits per heavy atom. The number of benzene rings is 1. The zero-order chi connectivity index (χ0) is 17.7. The Labute approximate surface area is 152 Å². The number of hydrogen-bond donors (Lipinski definition) is 1. The quantitative estimate of drug-likeness (QED) is 0.557. The van der Waals surface area contributed by atoms with Crippen molar-refractivity contribution in [2.75, 3.05) is 32.7 Å². The van der Waals surface area contributed by atoms with Gasteiger partial charge in [0.25, 0.3) is 5.69 Å². The Kier molecular flexibility index (Phi) is 7.74. The molecule has 1 heterocycles. The predicted molar refractivity (Wildman–Crippen MR) is 94.0 cm³/mol. The molecular weight excluding hydrogens is 372 g/mol. The molecule has 2 N–H and O–H groups in total. The van der Waals surface area contributed by atoms with E-state index in [4.69, 9.17) is 5.73 Å². The lowest BCUT2D eigenvalue weighted by Gasteiger charge is -2.34. The Morgan fingerprint density at radius 2 is 1.80 bits per heavy atom. The number of rotatable bonds is 6. The van der Waals surface area contributed by atoms with Crippen LogP contribution in [0.5, 0.6) is 0 Å². The molecule has 0 spiro atoms. The third kappa shape index (κ3) is 4.88. The van der Waals surface area contributed by atoms with E-state index >= 15 is 0 Å². The molecule has 1 amide bonds. The van der Waals surface area contributed by atoms with Crippen LogP contribution in [0.4, 0.5) is 5.69 Å². The van der Waals surface area contributed by atoms with Crippen molar-refractivity contribution in [3.63, 3.8) is 0 Å². The fraction of sp³-hybridized carbons (Fsp3) is 0.500. The molecule has 0 unspecified atom stereocenters. The second kappa shape index (κ2) is 9.09. The highest BCUT2D eigenvalue weighted by molar-refractivity contribution is 7.89. The Balaban J connectivity index is 0.00000312. The van der Waals surface area contributed by atoms with Crippen LogP contribution in [-0.2, 0) is 14.8 Å². The van der Waals surface area contributed by atoms with Crippen LogP contribution in [0.25, 0.3) is 0 Å². The number of nitrogens with zero attached hydrogens (tertiary/aromatic N) is 3. The molecule has 0 radical (unpaired) electrons. The number of nitro groups is 1. The molecule has 2 rings (SSSR count). The minimum atomic E-state index is -3.97. The molecule has 1 aromatic carbocycles. The first-order chi connectivity index (χ1) is 11.4. The summed E-state index contributed by atoms with van der Waals surface area (Å²) < 4.78 is 26.5. The topological polar surface area (TPSA) is 127 Å². The molecule has 0 aliphatic carbocycles. The first kappa shape index (κ1) is 21.3. The van der Waals surface area contributed by atoms with Gasteiger partial charge in [0.15, 0.2) is 4.90 Å². The molecule has 0 aromatic heterocycles. The first-order valence-corrected chi connectivity index (χ1v) is 9.03. The van der Waals surface area contributed by atoms with E-state index in [0.29, 0.717) is 19.4 Å². The van der Waals surface area contributed by atoms with E-state index in [1.54, 1.807) is 4.90 Å². The predicted octanol–water partition coefficient (Wildman–Crippen LogP) is 0.588. The third-order valence-corrected chi connectivity index (χ3v) is 5.81. The van der Waals surface area contributed by atoms with Crippen molar-refractivity contribution in [2.24, 2.45) is 5.73 Å². The number of nitro benzene ring substituents is 1. The summed E-state index contributed by atoms with van der Waals surface area (Å²) >= 11 is 0. The van der Waals surface area contributed by atoms with Gasteiger partial charge in [0, 0.05) is 38.7 Å². The molecule has 140 valence electrons. The first-order valence-electron chi connectivity index (χ1n) is 7.59. The minimum absolute atomic E-state index is 0. The van der Waals surface area contributed by atoms with Gasteiger partial charge in [-0.15, -0.1) is 12.4 Å². The number of nitrogens with two attached hydrogens (primary N) is 1. The van der Waals surface area contributed by atoms with Crippen molar-refractivity contribution in [2.45, 2.75) is 17.7 Å². The average Bonchev–Trinajstić information content (AvgIpc) is 2.59. The van der Waals surface area contributed by atoms with E-state index < -0.39 is 20.6 Å². The Morgan fingerprint density at radius 3 is 2.36 bits per heavy atom. The maximum absolute atomic E-state index is 12.7. The largest absolute Gasteiger partial charge is 0.340 e. The lowest BCUT2D eigenvalue weighted by Crippen LogP contribution is -2.50. The van der Waals surface area contributed by atoms with Crippen molar-refractivity contribution < 1.29 is 18.1 Å². The van der Waals surface area contributed by atoms with Gasteiger partial charge in [0.2, 0.25) is 15.9 Å². The Hall–Kier alpha value is -1.75. The van der Waals surface area contributed by atoms with Gasteiger partial charge in [0.1, 0.15) is 0 Å². The molecule has 1 saturated heterocycles. The van der Waals surface area contributed by atoms with E-state index in [1.807, 2.05) is 0 Å². The normalized spacial score (nSPS) is 15.5. The highest BCUT2D eigenvalue weighted by atomic mass is 35.5. The number of amides is 1. The molecule has 1 fully saturated rings. The molecule has 0 bridgehead atoms. The smallest absolute Gasteiger partial charge is 0.289 e. The maximum Gasteiger partial charge on any atom is 0.289 e. The van der Waals surface area contributed by atoms with Crippen LogP contribution in [-0.4, -0.2) is 61.2 Å². The molecule has 25 heavy (non-hydrogen) atoms. The molecule has 1 aliphatic rings. The highest BCUT2D eigenvalue weighted by Gasteiger charge is 2.34. The Bertz CT molecular complexity index is 720. The number of hydrogen-bond acceptors (Lipinski definition) is 6. The molecule has 0 saturated carbocycles. The second-order valence-electron chi connectivity index (χ2n) is 5.40. The summed E-state index contributed by atoms with van der Waals surface area (Å²) in [4.78, 5) is 23.6. The van der Waals surface area contributed by atoms with Gasteiger partial charge in [-0.1, -0.05) is 12.1 Å². The lowest BCUT2D eigenvalue weighted by atomic mass is 10.2. The molecular formula is C14H21ClN4O5S. The molecule has 0 atom stereocenters. The van der Waals surface area contributed by atoms with Crippen LogP contribution < -0.4 is 5.73 Å². The number of sulfonamides is 1. The van der Waals surface area contributed by atoms with Crippen molar-refractivity contribution in [1.29, 1.82) is 0 Å². The molecule has 9 nitrogen and oxygen atoms in total. The van der Waals surface area contributed by atoms with E-state index in [2.05, 4.69) is 0 Å². The fourth-order valence-corrected chi connectivity index (χ4v) is 4.13. The van der Waals surface area contributed by atoms with Gasteiger partial charge < -0.3 is 10.6 Å². The average molecular weight is 393 g/mol. The number of carbonyl (C=O) groups excluding carboxylic acids is 1. The van der Waals surface area contributed by atoms with Crippen LogP contribution in [0.3, 0.4) is 0 Å². The summed E-state index contributed by atoms with van der Waals surface area (Å²) in [6.45, 7) is 1.19. The zero-order valence-electron chi connectivity index (χ0n) is 13.5. The van der Waals surface area contributed by atoms with Gasteiger partial charge in [0.05, 0.1) is 4.92 Å². The van der Waals surface area contributed by atoms with Crippen LogP contribution in [0, 0.1) is 10.1 Å². The number of piperazine rings is 1. The van der Waals surface area contributed by atoms with E-state index in [0.717, 1.165) is 0 Å². The van der Waals surface area contributed by atoms with Gasteiger partial charge in [-0.05, 0) is 19.0 Å². The molecule has 1 aliphatic heterocycles. The minimum Gasteiger partial charge on any atom is -0.340 e. The summed E-state index contributed by atoms with van der Waals surface area (Å²) in [5.74, 6) is -0.0526. The molecule has 11 heteroatoms. The summed E-state index contributed by atoms with van der Waals surface area (Å²) in [6.07, 6.45) is 0.932. The number of carbonyl (C=O) groups is 1. The standard InChI is InChI=1S/C14H20N4O5S.ClH/c15-7-3-6-14(19)16-8-10-17(11-9-16)24(22,23)13-5-2-1-4-12(13)18(20)21;/h1-2,4-5H,3,6-11,15H2;1H. The maximum atomic E-state index is 12.7. The third-order valence-electron chi connectivity index (χ3n) is 3.87. The van der Waals surface area contributed by atoms with Crippen molar-refractivity contribution >= 4 is 34.0 Å². The lowest BCUT2D eigenvalue weighted by molar-refractivity contribution is -0.387. The summed E-state index contributed by atoms with van der Waals surface area (Å²) in [7, 11) is -3.97. The number of halogens is 1. The van der Waals surface area contributed by atoms with Crippen molar-refractivity contribution in [1.82, 2.24) is 9.21 Å². The van der Waals surface area contributed by atoms with E-state index in [9.17, 15) is 23.3 Å². The highest BCUT2D eigenvalue weighted by Crippen LogP contribution is 2.26. The zero-order valence-corrected chi connectivity index (χ0v) is 15.2. The van der Waals surface area contributed by atoms with Gasteiger partial charge in [-0.3, -0.25) is 14.9 Å². The monoisotopic (exact) mass is 392 g/mol. The van der Waals surface area contributed by atoms with E-state index in [-0.39, 0.29) is 49.4 Å². The van der Waals surface area contributed by atoms with Crippen molar-refractivity contribution in [3.05, 3.63) is 34.4 Å². The van der Waals surface area contributed by atoms with Crippen LogP contribution in [0.2, 0.25) is 0 Å². The number of para-hydroxylation sites is 1. The van der Waals surface area contributed by atoms with Gasteiger partial charge >= 0.3 is 0 Å². The van der Waals surface area contributed by atoms with Crippen LogP contribution >= 0.6 is 12.4 Å². The second-order valence-corrected chi connectivity index (χ2v) is 7.31. The fourth-order valence-electron chi connectivity index (χ4n) is 2.55. The van der Waals surface area contributed by atoms with Crippen LogP contribution in [0.1, 0.15) is 12.8 Å². The van der Waals surface area contributed by atoms with E-state index in [1.165, 1.54) is 28.6 Å². The van der Waals surface area contributed by atoms with Crippen LogP contribution in [0.15, 0.2) is 29.2 Å².